The molecule has 0 heterocycles. The highest BCUT2D eigenvalue weighted by Gasteiger charge is 2.15. The maximum atomic E-state index is 8.59. The van der Waals surface area contributed by atoms with Crippen molar-refractivity contribution in [3.05, 3.63) is 24.3 Å². The Morgan fingerprint density at radius 3 is 2.56 bits per heavy atom. The minimum absolute atomic E-state index is 0.0495. The summed E-state index contributed by atoms with van der Waals surface area (Å²) in [6, 6.07) is 7.23. The lowest BCUT2D eigenvalue weighted by atomic mass is 10.2. The van der Waals surface area contributed by atoms with E-state index in [0.29, 0.717) is 17.9 Å². The molecule has 0 aliphatic heterocycles. The number of hydrogen-bond donors (Lipinski definition) is 2. The van der Waals surface area contributed by atoms with Crippen LogP contribution < -0.4 is 15.2 Å². The summed E-state index contributed by atoms with van der Waals surface area (Å²) in [7, 11) is 1.56. The van der Waals surface area contributed by atoms with Crippen LogP contribution in [0.25, 0.3) is 0 Å². The van der Waals surface area contributed by atoms with Crippen LogP contribution >= 0.6 is 0 Å². The zero-order valence-electron chi connectivity index (χ0n) is 9.38. The van der Waals surface area contributed by atoms with E-state index in [9.17, 15) is 0 Å². The van der Waals surface area contributed by atoms with Gasteiger partial charge in [-0.15, -0.1) is 0 Å². The third-order valence-corrected chi connectivity index (χ3v) is 2.15. The summed E-state index contributed by atoms with van der Waals surface area (Å²) >= 11 is 0. The van der Waals surface area contributed by atoms with Crippen molar-refractivity contribution in [1.29, 1.82) is 0 Å². The van der Waals surface area contributed by atoms with Gasteiger partial charge in [-0.25, -0.2) is 0 Å². The Morgan fingerprint density at radius 1 is 1.44 bits per heavy atom. The number of nitrogens with two attached hydrogens (primary N) is 1. The molecule has 1 atom stereocenters. The van der Waals surface area contributed by atoms with Gasteiger partial charge in [0.05, 0.1) is 7.11 Å². The average Bonchev–Trinajstić information content (AvgIpc) is 2.35. The lowest BCUT2D eigenvalue weighted by Gasteiger charge is -2.17. The van der Waals surface area contributed by atoms with Crippen molar-refractivity contribution >= 4 is 5.84 Å². The van der Waals surface area contributed by atoms with E-state index in [1.54, 1.807) is 19.2 Å². The summed E-state index contributed by atoms with van der Waals surface area (Å²) in [5.74, 6) is 1.24. The molecule has 0 aliphatic rings. The van der Waals surface area contributed by atoms with Crippen molar-refractivity contribution in [3.8, 4) is 11.5 Å². The number of ether oxygens (including phenoxy) is 2. The fourth-order valence-electron chi connectivity index (χ4n) is 1.29. The normalized spacial score (nSPS) is 13.2. The van der Waals surface area contributed by atoms with Gasteiger partial charge in [-0.1, -0.05) is 24.2 Å². The third-order valence-electron chi connectivity index (χ3n) is 2.15. The molecule has 88 valence electrons. The lowest BCUT2D eigenvalue weighted by molar-refractivity contribution is 0.236. The first-order valence-electron chi connectivity index (χ1n) is 5.00. The fraction of sp³-hybridized carbons (Fsp3) is 0.364. The van der Waals surface area contributed by atoms with Crippen LogP contribution in [-0.4, -0.2) is 24.3 Å². The van der Waals surface area contributed by atoms with Crippen LogP contribution in [0.1, 0.15) is 13.3 Å². The van der Waals surface area contributed by atoms with E-state index in [0.717, 1.165) is 0 Å². The van der Waals surface area contributed by atoms with E-state index >= 15 is 0 Å². The van der Waals surface area contributed by atoms with Crippen LogP contribution in [0, 0.1) is 0 Å². The van der Waals surface area contributed by atoms with Crippen molar-refractivity contribution < 1.29 is 14.7 Å². The molecule has 0 aromatic heterocycles. The Kier molecular flexibility index (Phi) is 4.44. The van der Waals surface area contributed by atoms with E-state index in [2.05, 4.69) is 5.16 Å². The number of rotatable bonds is 5. The Bertz CT molecular complexity index is 366. The van der Waals surface area contributed by atoms with Crippen LogP contribution in [0.2, 0.25) is 0 Å². The smallest absolute Gasteiger partial charge is 0.180 e. The predicted molar refractivity (Wildman–Crippen MR) is 61.1 cm³/mol. The standard InChI is InChI=1S/C11H16N2O3/c1-3-8(11(12)13-14)16-10-7-5-4-6-9(10)15-2/h4-8,14H,3H2,1-2H3,(H2,12,13). The SMILES string of the molecule is CCC(Oc1ccccc1OC)C(N)=NO. The van der Waals surface area contributed by atoms with Gasteiger partial charge in [0.2, 0.25) is 0 Å². The summed E-state index contributed by atoms with van der Waals surface area (Å²) in [5, 5.41) is 11.5. The maximum absolute atomic E-state index is 8.59. The summed E-state index contributed by atoms with van der Waals surface area (Å²) in [6.45, 7) is 1.89. The molecule has 1 aromatic carbocycles. The number of nitrogens with zero attached hydrogens (tertiary/aromatic N) is 1. The van der Waals surface area contributed by atoms with Crippen LogP contribution in [0.3, 0.4) is 0 Å². The number of para-hydroxylation sites is 2. The predicted octanol–water partition coefficient (Wildman–Crippen LogP) is 1.60. The molecular weight excluding hydrogens is 208 g/mol. The molecule has 0 aliphatic carbocycles. The Morgan fingerprint density at radius 2 is 2.06 bits per heavy atom. The molecule has 5 heteroatoms. The maximum Gasteiger partial charge on any atom is 0.180 e. The van der Waals surface area contributed by atoms with Crippen molar-refractivity contribution in [3.63, 3.8) is 0 Å². The van der Waals surface area contributed by atoms with Crippen molar-refractivity contribution in [2.45, 2.75) is 19.4 Å². The molecule has 1 rings (SSSR count). The minimum Gasteiger partial charge on any atom is -0.493 e. The monoisotopic (exact) mass is 224 g/mol. The number of oxime groups is 1. The van der Waals surface area contributed by atoms with Gasteiger partial charge < -0.3 is 20.4 Å². The van der Waals surface area contributed by atoms with Crippen molar-refractivity contribution in [1.82, 2.24) is 0 Å². The molecule has 0 amide bonds. The molecule has 1 aromatic rings. The quantitative estimate of drug-likeness (QED) is 0.344. The van der Waals surface area contributed by atoms with Gasteiger partial charge in [0.25, 0.3) is 0 Å². The fourth-order valence-corrected chi connectivity index (χ4v) is 1.29. The van der Waals surface area contributed by atoms with Crippen LogP contribution in [-0.2, 0) is 0 Å². The summed E-state index contributed by atoms with van der Waals surface area (Å²) in [4.78, 5) is 0. The lowest BCUT2D eigenvalue weighted by Crippen LogP contribution is -2.33. The summed E-state index contributed by atoms with van der Waals surface area (Å²) in [5.41, 5.74) is 5.50. The topological polar surface area (TPSA) is 77.1 Å². The van der Waals surface area contributed by atoms with Crippen LogP contribution in [0.4, 0.5) is 0 Å². The Balaban J connectivity index is 2.85. The first-order chi connectivity index (χ1) is 7.72. The van der Waals surface area contributed by atoms with Gasteiger partial charge in [-0.05, 0) is 18.6 Å². The number of hydrogen-bond acceptors (Lipinski definition) is 4. The van der Waals surface area contributed by atoms with Gasteiger partial charge in [0, 0.05) is 0 Å². The summed E-state index contributed by atoms with van der Waals surface area (Å²) in [6.07, 6.45) is 0.148. The molecule has 0 saturated heterocycles. The van der Waals surface area contributed by atoms with Gasteiger partial charge >= 0.3 is 0 Å². The molecule has 0 fully saturated rings. The molecule has 0 spiro atoms. The molecule has 16 heavy (non-hydrogen) atoms. The van der Waals surface area contributed by atoms with Crippen molar-refractivity contribution in [2.24, 2.45) is 10.9 Å². The molecule has 5 nitrogen and oxygen atoms in total. The summed E-state index contributed by atoms with van der Waals surface area (Å²) < 4.78 is 10.7. The largest absolute Gasteiger partial charge is 0.493 e. The van der Waals surface area contributed by atoms with Crippen molar-refractivity contribution in [2.75, 3.05) is 7.11 Å². The molecule has 0 saturated carbocycles. The number of methoxy groups -OCH3 is 1. The van der Waals surface area contributed by atoms with E-state index in [-0.39, 0.29) is 5.84 Å². The zero-order chi connectivity index (χ0) is 12.0. The number of amidine groups is 1. The molecule has 3 N–H and O–H groups in total. The zero-order valence-corrected chi connectivity index (χ0v) is 9.38. The minimum atomic E-state index is -0.457. The highest BCUT2D eigenvalue weighted by molar-refractivity contribution is 5.84. The second kappa shape index (κ2) is 5.85. The van der Waals surface area contributed by atoms with Gasteiger partial charge in [0.1, 0.15) is 0 Å². The molecule has 0 bridgehead atoms. The highest BCUT2D eigenvalue weighted by Crippen LogP contribution is 2.27. The first-order valence-corrected chi connectivity index (χ1v) is 5.00. The van der Waals surface area contributed by atoms with E-state index in [1.807, 2.05) is 19.1 Å². The van der Waals surface area contributed by atoms with Crippen LogP contribution in [0.5, 0.6) is 11.5 Å². The molecular formula is C11H16N2O3. The highest BCUT2D eigenvalue weighted by atomic mass is 16.5. The van der Waals surface area contributed by atoms with Gasteiger partial charge in [0.15, 0.2) is 23.4 Å². The molecule has 1 unspecified atom stereocenters. The van der Waals surface area contributed by atoms with E-state index in [4.69, 9.17) is 20.4 Å². The average molecular weight is 224 g/mol. The van der Waals surface area contributed by atoms with E-state index < -0.39 is 6.10 Å². The van der Waals surface area contributed by atoms with Gasteiger partial charge in [-0.2, -0.15) is 0 Å². The third kappa shape index (κ3) is 2.79. The van der Waals surface area contributed by atoms with Crippen LogP contribution in [0.15, 0.2) is 29.4 Å². The van der Waals surface area contributed by atoms with Gasteiger partial charge in [-0.3, -0.25) is 0 Å². The number of benzene rings is 1. The second-order valence-electron chi connectivity index (χ2n) is 3.19. The Labute approximate surface area is 94.5 Å². The van der Waals surface area contributed by atoms with E-state index in [1.165, 1.54) is 0 Å². The Hall–Kier alpha value is -1.91. The first kappa shape index (κ1) is 12.2. The molecule has 0 radical (unpaired) electrons. The second-order valence-corrected chi connectivity index (χ2v) is 3.19.